The lowest BCUT2D eigenvalue weighted by atomic mass is 10.1. The summed E-state index contributed by atoms with van der Waals surface area (Å²) in [4.78, 5) is 24.0. The Morgan fingerprint density at radius 3 is 2.50 bits per heavy atom. The zero-order chi connectivity index (χ0) is 18.1. The van der Waals surface area contributed by atoms with E-state index in [2.05, 4.69) is 5.32 Å². The molecule has 7 heteroatoms. The van der Waals surface area contributed by atoms with E-state index in [1.54, 1.807) is 13.0 Å². The van der Waals surface area contributed by atoms with Gasteiger partial charge in [0.25, 0.3) is 0 Å². The quantitative estimate of drug-likeness (QED) is 0.616. The summed E-state index contributed by atoms with van der Waals surface area (Å²) in [6, 6.07) is 5.01. The lowest BCUT2D eigenvalue weighted by molar-refractivity contribution is -0.142. The average Bonchev–Trinajstić information content (AvgIpc) is 2.51. The maximum Gasteiger partial charge on any atom is 0.320 e. The molecule has 1 rings (SSSR count). The van der Waals surface area contributed by atoms with Crippen LogP contribution in [0.4, 0.5) is 0 Å². The van der Waals surface area contributed by atoms with Gasteiger partial charge < -0.3 is 10.4 Å². The van der Waals surface area contributed by atoms with Crippen molar-refractivity contribution in [2.24, 2.45) is 0 Å². The van der Waals surface area contributed by atoms with E-state index in [0.29, 0.717) is 29.7 Å². The van der Waals surface area contributed by atoms with Gasteiger partial charge >= 0.3 is 5.97 Å². The van der Waals surface area contributed by atoms with Crippen molar-refractivity contribution in [1.82, 2.24) is 10.2 Å². The number of halogens is 2. The van der Waals surface area contributed by atoms with Crippen LogP contribution in [0.25, 0.3) is 0 Å². The Morgan fingerprint density at radius 2 is 1.92 bits per heavy atom. The molecule has 0 heterocycles. The molecule has 1 atom stereocenters. The molecule has 0 bridgehead atoms. The molecule has 0 aromatic heterocycles. The molecule has 1 amide bonds. The number of rotatable bonds is 10. The number of carbonyl (C=O) groups excluding carboxylic acids is 1. The zero-order valence-corrected chi connectivity index (χ0v) is 15.5. The van der Waals surface area contributed by atoms with Crippen LogP contribution in [0.3, 0.4) is 0 Å². The summed E-state index contributed by atoms with van der Waals surface area (Å²) in [6.45, 7) is 4.73. The number of nitrogens with one attached hydrogen (secondary N) is 1. The molecule has 0 radical (unpaired) electrons. The SMILES string of the molecule is CC(=O)NCCN(CCCCc1ccc(Cl)c(Cl)c1)C(C)C(=O)O. The van der Waals surface area contributed by atoms with Crippen molar-refractivity contribution in [2.75, 3.05) is 19.6 Å². The van der Waals surface area contributed by atoms with Crippen molar-refractivity contribution >= 4 is 35.1 Å². The number of nitrogens with zero attached hydrogens (tertiary/aromatic N) is 1. The first kappa shape index (κ1) is 20.7. The van der Waals surface area contributed by atoms with Crippen LogP contribution in [0.1, 0.15) is 32.3 Å². The van der Waals surface area contributed by atoms with Crippen LogP contribution in [-0.2, 0) is 16.0 Å². The van der Waals surface area contributed by atoms with Crippen molar-refractivity contribution in [1.29, 1.82) is 0 Å². The molecule has 2 N–H and O–H groups in total. The number of carboxylic acid groups (broad SMARTS) is 1. The van der Waals surface area contributed by atoms with Crippen molar-refractivity contribution in [3.63, 3.8) is 0 Å². The van der Waals surface area contributed by atoms with Crippen LogP contribution < -0.4 is 5.32 Å². The van der Waals surface area contributed by atoms with E-state index in [4.69, 9.17) is 23.2 Å². The minimum absolute atomic E-state index is 0.113. The highest BCUT2D eigenvalue weighted by Crippen LogP contribution is 2.23. The van der Waals surface area contributed by atoms with E-state index in [9.17, 15) is 14.7 Å². The number of hydrogen-bond acceptors (Lipinski definition) is 3. The summed E-state index contributed by atoms with van der Waals surface area (Å²) in [5, 5.41) is 13.0. The van der Waals surface area contributed by atoms with Gasteiger partial charge in [-0.3, -0.25) is 14.5 Å². The molecule has 134 valence electrons. The van der Waals surface area contributed by atoms with Gasteiger partial charge in [-0.1, -0.05) is 29.3 Å². The van der Waals surface area contributed by atoms with Crippen LogP contribution in [0, 0.1) is 0 Å². The number of aliphatic carboxylic acids is 1. The van der Waals surface area contributed by atoms with Gasteiger partial charge in [-0.25, -0.2) is 0 Å². The fourth-order valence-corrected chi connectivity index (χ4v) is 2.69. The van der Waals surface area contributed by atoms with Gasteiger partial charge in [-0.05, 0) is 50.4 Å². The minimum Gasteiger partial charge on any atom is -0.480 e. The Labute approximate surface area is 152 Å². The topological polar surface area (TPSA) is 69.6 Å². The summed E-state index contributed by atoms with van der Waals surface area (Å²) in [6.07, 6.45) is 2.64. The molecule has 0 aliphatic carbocycles. The van der Waals surface area contributed by atoms with E-state index < -0.39 is 12.0 Å². The van der Waals surface area contributed by atoms with Crippen LogP contribution in [0.2, 0.25) is 10.0 Å². The molecule has 1 aromatic rings. The summed E-state index contributed by atoms with van der Waals surface area (Å²) in [7, 11) is 0. The Morgan fingerprint density at radius 1 is 1.21 bits per heavy atom. The number of unbranched alkanes of at least 4 members (excludes halogenated alkanes) is 1. The Bertz CT molecular complexity index is 567. The van der Waals surface area contributed by atoms with Gasteiger partial charge in [0.1, 0.15) is 6.04 Å². The molecule has 1 unspecified atom stereocenters. The Hall–Kier alpha value is -1.30. The standard InChI is InChI=1S/C17H24Cl2N2O3/c1-12(17(23)24)21(10-8-20-13(2)22)9-4-3-5-14-6-7-15(18)16(19)11-14/h6-7,11-12H,3-5,8-10H2,1-2H3,(H,20,22)(H,23,24). The van der Waals surface area contributed by atoms with E-state index in [1.165, 1.54) is 6.92 Å². The monoisotopic (exact) mass is 374 g/mol. The second-order valence-corrected chi connectivity index (χ2v) is 6.55. The van der Waals surface area contributed by atoms with Crippen LogP contribution in [-0.4, -0.2) is 47.6 Å². The minimum atomic E-state index is -0.859. The molecule has 0 aliphatic heterocycles. The molecule has 1 aromatic carbocycles. The van der Waals surface area contributed by atoms with Gasteiger partial charge in [-0.15, -0.1) is 0 Å². The fraction of sp³-hybridized carbons (Fsp3) is 0.529. The Kier molecular flexibility index (Phi) is 9.11. The lowest BCUT2D eigenvalue weighted by Crippen LogP contribution is -2.43. The molecule has 24 heavy (non-hydrogen) atoms. The largest absolute Gasteiger partial charge is 0.480 e. The number of benzene rings is 1. The zero-order valence-electron chi connectivity index (χ0n) is 14.0. The van der Waals surface area contributed by atoms with E-state index in [0.717, 1.165) is 24.8 Å². The molecular formula is C17H24Cl2N2O3. The first-order valence-corrected chi connectivity index (χ1v) is 8.72. The number of hydrogen-bond donors (Lipinski definition) is 2. The highest BCUT2D eigenvalue weighted by Gasteiger charge is 2.19. The molecule has 0 aliphatic rings. The third-order valence-electron chi connectivity index (χ3n) is 3.82. The fourth-order valence-electron chi connectivity index (χ4n) is 2.37. The van der Waals surface area contributed by atoms with Crippen LogP contribution in [0.5, 0.6) is 0 Å². The summed E-state index contributed by atoms with van der Waals surface area (Å²) < 4.78 is 0. The predicted octanol–water partition coefficient (Wildman–Crippen LogP) is 3.23. The second kappa shape index (κ2) is 10.5. The van der Waals surface area contributed by atoms with Crippen molar-refractivity contribution in [2.45, 2.75) is 39.2 Å². The molecule has 5 nitrogen and oxygen atoms in total. The first-order chi connectivity index (χ1) is 11.3. The smallest absolute Gasteiger partial charge is 0.320 e. The molecular weight excluding hydrogens is 351 g/mol. The van der Waals surface area contributed by atoms with E-state index >= 15 is 0 Å². The molecule has 0 spiro atoms. The first-order valence-electron chi connectivity index (χ1n) is 7.96. The van der Waals surface area contributed by atoms with Crippen LogP contribution >= 0.6 is 23.2 Å². The van der Waals surface area contributed by atoms with Gasteiger partial charge in [0, 0.05) is 20.0 Å². The summed E-state index contributed by atoms with van der Waals surface area (Å²) in [5.74, 6) is -0.972. The van der Waals surface area contributed by atoms with Crippen molar-refractivity contribution in [3.05, 3.63) is 33.8 Å². The maximum atomic E-state index is 11.2. The average molecular weight is 375 g/mol. The summed E-state index contributed by atoms with van der Waals surface area (Å²) >= 11 is 11.9. The number of amides is 1. The normalized spacial score (nSPS) is 12.2. The molecule has 0 saturated heterocycles. The molecule has 0 fully saturated rings. The third-order valence-corrected chi connectivity index (χ3v) is 4.56. The van der Waals surface area contributed by atoms with Gasteiger partial charge in [0.15, 0.2) is 0 Å². The van der Waals surface area contributed by atoms with Gasteiger partial charge in [0.05, 0.1) is 10.0 Å². The van der Waals surface area contributed by atoms with Gasteiger partial charge in [0.2, 0.25) is 5.91 Å². The van der Waals surface area contributed by atoms with Crippen molar-refractivity contribution < 1.29 is 14.7 Å². The Balaban J connectivity index is 2.44. The maximum absolute atomic E-state index is 11.2. The van der Waals surface area contributed by atoms with Crippen LogP contribution in [0.15, 0.2) is 18.2 Å². The third kappa shape index (κ3) is 7.51. The number of carboxylic acids is 1. The highest BCUT2D eigenvalue weighted by molar-refractivity contribution is 6.42. The van der Waals surface area contributed by atoms with E-state index in [1.807, 2.05) is 17.0 Å². The molecule has 0 saturated carbocycles. The van der Waals surface area contributed by atoms with E-state index in [-0.39, 0.29) is 5.91 Å². The lowest BCUT2D eigenvalue weighted by Gasteiger charge is -2.26. The highest BCUT2D eigenvalue weighted by atomic mass is 35.5. The number of carbonyl (C=O) groups is 2. The van der Waals surface area contributed by atoms with Crippen molar-refractivity contribution in [3.8, 4) is 0 Å². The second-order valence-electron chi connectivity index (χ2n) is 5.74. The summed E-state index contributed by atoms with van der Waals surface area (Å²) in [5.41, 5.74) is 1.11. The predicted molar refractivity (Wildman–Crippen MR) is 96.8 cm³/mol. The number of aryl methyl sites for hydroxylation is 1. The van der Waals surface area contributed by atoms with Gasteiger partial charge in [-0.2, -0.15) is 0 Å².